The smallest absolute Gasteiger partial charge is 0.231 e. The van der Waals surface area contributed by atoms with E-state index in [0.29, 0.717) is 53.3 Å². The van der Waals surface area contributed by atoms with Crippen molar-refractivity contribution in [2.45, 2.75) is 19.3 Å². The number of carbonyl (C=O) groups excluding carboxylic acids is 1. The van der Waals surface area contributed by atoms with Gasteiger partial charge in [-0.25, -0.2) is 4.98 Å². The number of likely N-dealkylation sites (tertiary alicyclic amines) is 1. The standard InChI is InChI=1S/C21H27N7O4/c1-30-14-10-13(11-15(31-2)18(14)32-3)25-21-26-19(17-20(27-21)24-12-23-17)22-7-5-9-28-8-4-6-16(28)29/h10-12H,4-9H2,1-3H3,(H3,22,23,24,25,26,27). The van der Waals surface area contributed by atoms with Gasteiger partial charge < -0.3 is 34.7 Å². The molecule has 3 aromatic rings. The summed E-state index contributed by atoms with van der Waals surface area (Å²) in [5, 5.41) is 6.52. The van der Waals surface area contributed by atoms with Gasteiger partial charge in [0, 0.05) is 43.9 Å². The number of anilines is 3. The Morgan fingerprint density at radius 3 is 2.56 bits per heavy atom. The molecule has 0 unspecified atom stereocenters. The van der Waals surface area contributed by atoms with E-state index in [-0.39, 0.29) is 5.91 Å². The van der Waals surface area contributed by atoms with Crippen LogP contribution in [0, 0.1) is 0 Å². The van der Waals surface area contributed by atoms with E-state index in [0.717, 1.165) is 31.4 Å². The SMILES string of the molecule is COc1cc(Nc2nc(NCCCN3CCCC3=O)c3[nH]cnc3n2)cc(OC)c1OC. The Labute approximate surface area is 185 Å². The van der Waals surface area contributed by atoms with E-state index >= 15 is 0 Å². The Morgan fingerprint density at radius 1 is 1.12 bits per heavy atom. The van der Waals surface area contributed by atoms with Crippen molar-refractivity contribution in [3.05, 3.63) is 18.5 Å². The molecule has 0 spiro atoms. The van der Waals surface area contributed by atoms with Gasteiger partial charge in [-0.15, -0.1) is 0 Å². The Balaban J connectivity index is 1.51. The van der Waals surface area contributed by atoms with Crippen LogP contribution in [0.25, 0.3) is 11.2 Å². The largest absolute Gasteiger partial charge is 0.493 e. The van der Waals surface area contributed by atoms with Crippen molar-refractivity contribution in [1.29, 1.82) is 0 Å². The van der Waals surface area contributed by atoms with E-state index in [1.165, 1.54) is 0 Å². The molecule has 0 radical (unpaired) electrons. The van der Waals surface area contributed by atoms with Gasteiger partial charge in [-0.2, -0.15) is 9.97 Å². The van der Waals surface area contributed by atoms with Crippen molar-refractivity contribution >= 4 is 34.5 Å². The molecule has 1 aliphatic heterocycles. The van der Waals surface area contributed by atoms with Gasteiger partial charge in [0.25, 0.3) is 0 Å². The lowest BCUT2D eigenvalue weighted by Crippen LogP contribution is -2.27. The predicted octanol–water partition coefficient (Wildman–Crippen LogP) is 2.55. The average molecular weight is 441 g/mol. The first-order valence-electron chi connectivity index (χ1n) is 10.4. The highest BCUT2D eigenvalue weighted by Crippen LogP contribution is 2.40. The van der Waals surface area contributed by atoms with Crippen LogP contribution in [-0.4, -0.2) is 71.7 Å². The molecule has 2 aromatic heterocycles. The number of ether oxygens (including phenoxy) is 3. The highest BCUT2D eigenvalue weighted by atomic mass is 16.5. The van der Waals surface area contributed by atoms with Crippen molar-refractivity contribution in [2.75, 3.05) is 51.6 Å². The number of nitrogens with zero attached hydrogens (tertiary/aromatic N) is 4. The van der Waals surface area contributed by atoms with Crippen LogP contribution in [-0.2, 0) is 4.79 Å². The first-order valence-corrected chi connectivity index (χ1v) is 10.4. The number of carbonyl (C=O) groups is 1. The molecule has 0 aliphatic carbocycles. The summed E-state index contributed by atoms with van der Waals surface area (Å²) >= 11 is 0. The van der Waals surface area contributed by atoms with E-state index in [2.05, 4.69) is 30.6 Å². The summed E-state index contributed by atoms with van der Waals surface area (Å²) in [6, 6.07) is 3.55. The minimum absolute atomic E-state index is 0.236. The van der Waals surface area contributed by atoms with Gasteiger partial charge >= 0.3 is 0 Å². The second kappa shape index (κ2) is 9.58. The van der Waals surface area contributed by atoms with Gasteiger partial charge in [0.05, 0.1) is 27.7 Å². The van der Waals surface area contributed by atoms with E-state index < -0.39 is 0 Å². The van der Waals surface area contributed by atoms with E-state index in [9.17, 15) is 4.79 Å². The topological polar surface area (TPSA) is 127 Å². The number of hydrogen-bond donors (Lipinski definition) is 3. The molecule has 4 rings (SSSR count). The zero-order chi connectivity index (χ0) is 22.5. The maximum absolute atomic E-state index is 11.8. The summed E-state index contributed by atoms with van der Waals surface area (Å²) < 4.78 is 16.2. The fourth-order valence-electron chi connectivity index (χ4n) is 3.72. The number of rotatable bonds is 10. The molecule has 32 heavy (non-hydrogen) atoms. The van der Waals surface area contributed by atoms with Gasteiger partial charge in [-0.1, -0.05) is 0 Å². The van der Waals surface area contributed by atoms with Crippen LogP contribution in [0.5, 0.6) is 17.2 Å². The number of aromatic nitrogens is 4. The first kappa shape index (κ1) is 21.5. The molecule has 1 aliphatic rings. The van der Waals surface area contributed by atoms with Crippen LogP contribution < -0.4 is 24.8 Å². The fourth-order valence-corrected chi connectivity index (χ4v) is 3.72. The number of nitrogens with one attached hydrogen (secondary N) is 3. The highest BCUT2D eigenvalue weighted by Gasteiger charge is 2.19. The molecule has 3 N–H and O–H groups in total. The average Bonchev–Trinajstić information content (AvgIpc) is 3.44. The molecule has 11 nitrogen and oxygen atoms in total. The van der Waals surface area contributed by atoms with Crippen LogP contribution in [0.15, 0.2) is 18.5 Å². The van der Waals surface area contributed by atoms with Gasteiger partial charge in [-0.05, 0) is 12.8 Å². The maximum atomic E-state index is 11.8. The lowest BCUT2D eigenvalue weighted by molar-refractivity contribution is -0.127. The summed E-state index contributed by atoms with van der Waals surface area (Å²) in [5.74, 6) is 2.78. The minimum Gasteiger partial charge on any atom is -0.493 e. The summed E-state index contributed by atoms with van der Waals surface area (Å²) in [7, 11) is 4.68. The molecule has 1 fully saturated rings. The molecule has 0 saturated carbocycles. The zero-order valence-electron chi connectivity index (χ0n) is 18.4. The minimum atomic E-state index is 0.236. The number of fused-ring (bicyclic) bond motifs is 1. The number of hydrogen-bond acceptors (Lipinski definition) is 9. The van der Waals surface area contributed by atoms with Crippen LogP contribution in [0.1, 0.15) is 19.3 Å². The van der Waals surface area contributed by atoms with Crippen molar-refractivity contribution in [2.24, 2.45) is 0 Å². The summed E-state index contributed by atoms with van der Waals surface area (Å²) in [6.45, 7) is 2.25. The molecular weight excluding hydrogens is 414 g/mol. The molecule has 170 valence electrons. The van der Waals surface area contributed by atoms with E-state index in [1.54, 1.807) is 39.8 Å². The number of methoxy groups -OCH3 is 3. The fraction of sp³-hybridized carbons (Fsp3) is 0.429. The number of imidazole rings is 1. The third-order valence-electron chi connectivity index (χ3n) is 5.28. The highest BCUT2D eigenvalue weighted by molar-refractivity contribution is 5.84. The van der Waals surface area contributed by atoms with Crippen molar-refractivity contribution < 1.29 is 19.0 Å². The third kappa shape index (κ3) is 4.46. The van der Waals surface area contributed by atoms with E-state index in [4.69, 9.17) is 14.2 Å². The van der Waals surface area contributed by atoms with Crippen molar-refractivity contribution in [3.8, 4) is 17.2 Å². The number of amides is 1. The van der Waals surface area contributed by atoms with Gasteiger partial charge in [0.15, 0.2) is 23.0 Å². The number of benzene rings is 1. The van der Waals surface area contributed by atoms with Crippen LogP contribution in [0.4, 0.5) is 17.5 Å². The normalized spacial score (nSPS) is 13.5. The van der Waals surface area contributed by atoms with Crippen LogP contribution in [0.3, 0.4) is 0 Å². The Hall–Kier alpha value is -3.76. The van der Waals surface area contributed by atoms with Gasteiger partial charge in [0.1, 0.15) is 5.52 Å². The molecule has 0 atom stereocenters. The lowest BCUT2D eigenvalue weighted by Gasteiger charge is -2.16. The molecule has 1 aromatic carbocycles. The zero-order valence-corrected chi connectivity index (χ0v) is 18.4. The quantitative estimate of drug-likeness (QED) is 0.407. The first-order chi connectivity index (χ1) is 15.6. The monoisotopic (exact) mass is 441 g/mol. The second-order valence-corrected chi connectivity index (χ2v) is 7.30. The predicted molar refractivity (Wildman–Crippen MR) is 120 cm³/mol. The van der Waals surface area contributed by atoms with E-state index in [1.807, 2.05) is 4.90 Å². The van der Waals surface area contributed by atoms with Crippen molar-refractivity contribution in [1.82, 2.24) is 24.8 Å². The van der Waals surface area contributed by atoms with Gasteiger partial charge in [-0.3, -0.25) is 4.79 Å². The lowest BCUT2D eigenvalue weighted by atomic mass is 10.2. The molecule has 11 heteroatoms. The second-order valence-electron chi connectivity index (χ2n) is 7.30. The summed E-state index contributed by atoms with van der Waals surface area (Å²) in [5.41, 5.74) is 1.93. The molecular formula is C21H27N7O4. The number of H-pyrrole nitrogens is 1. The van der Waals surface area contributed by atoms with Crippen LogP contribution in [0.2, 0.25) is 0 Å². The van der Waals surface area contributed by atoms with Gasteiger partial charge in [0.2, 0.25) is 17.6 Å². The molecule has 1 amide bonds. The Morgan fingerprint density at radius 2 is 1.91 bits per heavy atom. The molecule has 1 saturated heterocycles. The Bertz CT molecular complexity index is 1080. The van der Waals surface area contributed by atoms with Crippen molar-refractivity contribution in [3.63, 3.8) is 0 Å². The third-order valence-corrected chi connectivity index (χ3v) is 5.28. The summed E-state index contributed by atoms with van der Waals surface area (Å²) in [6.07, 6.45) is 4.00. The Kier molecular flexibility index (Phi) is 6.43. The molecule has 0 bridgehead atoms. The number of aromatic amines is 1. The maximum Gasteiger partial charge on any atom is 0.231 e. The summed E-state index contributed by atoms with van der Waals surface area (Å²) in [4.78, 5) is 30.1. The molecule has 3 heterocycles. The van der Waals surface area contributed by atoms with Crippen LogP contribution >= 0.6 is 0 Å².